The largest absolute Gasteiger partial charge is 0.476 e. The smallest absolute Gasteiger partial charge is 0.416 e. The fraction of sp³-hybridized carbons (Fsp3) is 0.448. The summed E-state index contributed by atoms with van der Waals surface area (Å²) in [6, 6.07) is 12.5. The molecule has 6 nitrogen and oxygen atoms in total. The molecule has 40 heavy (non-hydrogen) atoms. The van der Waals surface area contributed by atoms with E-state index in [2.05, 4.69) is 0 Å². The fourth-order valence-electron chi connectivity index (χ4n) is 3.94. The Morgan fingerprint density at radius 1 is 1.10 bits per heavy atom. The van der Waals surface area contributed by atoms with Gasteiger partial charge in [-0.1, -0.05) is 12.1 Å². The van der Waals surface area contributed by atoms with Gasteiger partial charge >= 0.3 is 12.1 Å². The van der Waals surface area contributed by atoms with E-state index < -0.39 is 23.3 Å². The molecule has 1 unspecified atom stereocenters. The molecule has 1 aliphatic rings. The molecule has 216 valence electrons. The quantitative estimate of drug-likeness (QED) is 0.165. The van der Waals surface area contributed by atoms with Gasteiger partial charge in [-0.2, -0.15) is 13.2 Å². The number of hydrogen-bond acceptors (Lipinski definition) is 8. The monoisotopic (exact) mass is 595 g/mol. The van der Waals surface area contributed by atoms with Gasteiger partial charge in [-0.3, -0.25) is 0 Å². The maximum absolute atomic E-state index is 13.0. The molecule has 1 fully saturated rings. The van der Waals surface area contributed by atoms with Gasteiger partial charge in [0.1, 0.15) is 10.8 Å². The lowest BCUT2D eigenvalue weighted by Gasteiger charge is -2.24. The molecule has 1 aromatic heterocycles. The molecule has 0 radical (unpaired) electrons. The standard InChI is InChI=1S/C29H32F3NO5S2/c1-4-35-27(34)28(2,3)38-21-12-14-22(15-13-21)39-18-24-23(17-37-25-7-5-6-16-36-25)33-26(40-24)19-8-10-20(11-9-19)29(30,31)32/h8-15,25H,4-7,16-18H2,1-3H3. The van der Waals surface area contributed by atoms with Crippen LogP contribution in [0.4, 0.5) is 13.2 Å². The lowest BCUT2D eigenvalue weighted by Crippen LogP contribution is -2.39. The van der Waals surface area contributed by atoms with Crippen LogP contribution in [0.1, 0.15) is 56.2 Å². The van der Waals surface area contributed by atoms with Crippen LogP contribution in [0.2, 0.25) is 0 Å². The first-order chi connectivity index (χ1) is 19.0. The van der Waals surface area contributed by atoms with Gasteiger partial charge < -0.3 is 18.9 Å². The van der Waals surface area contributed by atoms with E-state index in [1.807, 2.05) is 12.1 Å². The minimum Gasteiger partial charge on any atom is -0.476 e. The van der Waals surface area contributed by atoms with Crippen LogP contribution in [0, 0.1) is 0 Å². The van der Waals surface area contributed by atoms with Gasteiger partial charge in [-0.05, 0) is 76.4 Å². The Morgan fingerprint density at radius 2 is 1.82 bits per heavy atom. The van der Waals surface area contributed by atoms with Gasteiger partial charge in [0.25, 0.3) is 0 Å². The topological polar surface area (TPSA) is 66.9 Å². The van der Waals surface area contributed by atoms with E-state index in [0.29, 0.717) is 28.7 Å². The molecular formula is C29H32F3NO5S2. The van der Waals surface area contributed by atoms with Gasteiger partial charge in [0.2, 0.25) is 0 Å². The van der Waals surface area contributed by atoms with Crippen LogP contribution >= 0.6 is 23.1 Å². The number of carbonyl (C=O) groups excluding carboxylic acids is 1. The highest BCUT2D eigenvalue weighted by Gasteiger charge is 2.32. The predicted molar refractivity (Wildman–Crippen MR) is 148 cm³/mol. The van der Waals surface area contributed by atoms with E-state index in [1.54, 1.807) is 44.7 Å². The average Bonchev–Trinajstić information content (AvgIpc) is 3.34. The van der Waals surface area contributed by atoms with Gasteiger partial charge in [0.15, 0.2) is 11.9 Å². The molecule has 1 saturated heterocycles. The third-order valence-electron chi connectivity index (χ3n) is 6.11. The van der Waals surface area contributed by atoms with Crippen molar-refractivity contribution in [1.29, 1.82) is 0 Å². The van der Waals surface area contributed by atoms with Crippen molar-refractivity contribution in [1.82, 2.24) is 4.98 Å². The van der Waals surface area contributed by atoms with E-state index in [0.717, 1.165) is 46.9 Å². The van der Waals surface area contributed by atoms with Crippen LogP contribution in [0.15, 0.2) is 53.4 Å². The van der Waals surface area contributed by atoms with Crippen LogP contribution in [0.3, 0.4) is 0 Å². The maximum Gasteiger partial charge on any atom is 0.416 e. The third-order valence-corrected chi connectivity index (χ3v) is 8.48. The van der Waals surface area contributed by atoms with Gasteiger partial charge in [0.05, 0.1) is 24.5 Å². The average molecular weight is 596 g/mol. The Kier molecular flexibility index (Phi) is 10.2. The Morgan fingerprint density at radius 3 is 2.45 bits per heavy atom. The van der Waals surface area contributed by atoms with Gasteiger partial charge in [0, 0.05) is 27.7 Å². The van der Waals surface area contributed by atoms with Gasteiger partial charge in [-0.25, -0.2) is 9.78 Å². The molecule has 1 aliphatic heterocycles. The van der Waals surface area contributed by atoms with Crippen LogP contribution in [-0.2, 0) is 37.5 Å². The summed E-state index contributed by atoms with van der Waals surface area (Å²) in [7, 11) is 0. The number of thiazole rings is 1. The number of benzene rings is 2. The first kappa shape index (κ1) is 30.4. The molecule has 11 heteroatoms. The molecule has 0 spiro atoms. The SMILES string of the molecule is CCOC(=O)C(C)(C)Oc1ccc(SCc2sc(-c3ccc(C(F)(F)F)cc3)nc2COC2CCCCO2)cc1. The van der Waals surface area contributed by atoms with Crippen molar-refractivity contribution < 1.29 is 36.9 Å². The highest BCUT2D eigenvalue weighted by molar-refractivity contribution is 7.98. The third kappa shape index (κ3) is 8.22. The zero-order valence-electron chi connectivity index (χ0n) is 22.6. The summed E-state index contributed by atoms with van der Waals surface area (Å²) in [6.45, 7) is 6.27. The van der Waals surface area contributed by atoms with Crippen molar-refractivity contribution in [3.63, 3.8) is 0 Å². The zero-order valence-corrected chi connectivity index (χ0v) is 24.2. The number of alkyl halides is 3. The van der Waals surface area contributed by atoms with E-state index in [4.69, 9.17) is 23.9 Å². The number of rotatable bonds is 11. The Hall–Kier alpha value is -2.60. The molecule has 0 bridgehead atoms. The molecule has 4 rings (SSSR count). The van der Waals surface area contributed by atoms with Crippen molar-refractivity contribution in [2.24, 2.45) is 0 Å². The van der Waals surface area contributed by atoms with Crippen molar-refractivity contribution in [2.75, 3.05) is 13.2 Å². The molecule has 0 amide bonds. The van der Waals surface area contributed by atoms with Crippen LogP contribution < -0.4 is 4.74 Å². The van der Waals surface area contributed by atoms with Crippen molar-refractivity contribution in [2.45, 2.75) is 75.4 Å². The lowest BCUT2D eigenvalue weighted by molar-refractivity contribution is -0.169. The first-order valence-corrected chi connectivity index (χ1v) is 14.8. The summed E-state index contributed by atoms with van der Waals surface area (Å²) >= 11 is 3.03. The number of aromatic nitrogens is 1. The second-order valence-electron chi connectivity index (χ2n) is 9.66. The number of carbonyl (C=O) groups is 1. The summed E-state index contributed by atoms with van der Waals surface area (Å²) in [4.78, 5) is 18.8. The number of esters is 1. The van der Waals surface area contributed by atoms with E-state index >= 15 is 0 Å². The van der Waals surface area contributed by atoms with Crippen LogP contribution in [0.5, 0.6) is 5.75 Å². The van der Waals surface area contributed by atoms with Crippen molar-refractivity contribution in [3.8, 4) is 16.3 Å². The molecule has 0 saturated carbocycles. The summed E-state index contributed by atoms with van der Waals surface area (Å²) < 4.78 is 61.7. The molecule has 1 atom stereocenters. The van der Waals surface area contributed by atoms with E-state index in [1.165, 1.54) is 23.5 Å². The molecule has 0 aliphatic carbocycles. The van der Waals surface area contributed by atoms with Gasteiger partial charge in [-0.15, -0.1) is 23.1 Å². The molecule has 0 N–H and O–H groups in total. The Labute approximate surface area is 240 Å². The Balaban J connectivity index is 1.46. The predicted octanol–water partition coefficient (Wildman–Crippen LogP) is 7.88. The zero-order chi connectivity index (χ0) is 28.8. The second-order valence-corrected chi connectivity index (χ2v) is 11.8. The molecule has 2 aromatic carbocycles. The Bertz CT molecular complexity index is 1250. The number of halogens is 3. The first-order valence-electron chi connectivity index (χ1n) is 13.0. The minimum absolute atomic E-state index is 0.257. The highest BCUT2D eigenvalue weighted by atomic mass is 32.2. The summed E-state index contributed by atoms with van der Waals surface area (Å²) in [5.74, 6) is 0.707. The molecule has 2 heterocycles. The van der Waals surface area contributed by atoms with Crippen molar-refractivity contribution >= 4 is 29.1 Å². The minimum atomic E-state index is -4.39. The lowest BCUT2D eigenvalue weighted by atomic mass is 10.1. The summed E-state index contributed by atoms with van der Waals surface area (Å²) in [6.07, 6.45) is -1.80. The number of nitrogens with zero attached hydrogens (tertiary/aromatic N) is 1. The second kappa shape index (κ2) is 13.4. The normalized spacial score (nSPS) is 16.1. The van der Waals surface area contributed by atoms with Crippen LogP contribution in [0.25, 0.3) is 10.6 Å². The fourth-order valence-corrected chi connectivity index (χ4v) is 6.01. The number of hydrogen-bond donors (Lipinski definition) is 0. The van der Waals surface area contributed by atoms with E-state index in [9.17, 15) is 18.0 Å². The summed E-state index contributed by atoms with van der Waals surface area (Å²) in [5, 5.41) is 0.637. The molecule has 3 aromatic rings. The number of thioether (sulfide) groups is 1. The summed E-state index contributed by atoms with van der Waals surface area (Å²) in [5.41, 5.74) is -0.439. The van der Waals surface area contributed by atoms with Crippen LogP contribution in [-0.4, -0.2) is 36.1 Å². The van der Waals surface area contributed by atoms with Crippen molar-refractivity contribution in [3.05, 3.63) is 64.7 Å². The molecular weight excluding hydrogens is 563 g/mol. The highest BCUT2D eigenvalue weighted by Crippen LogP contribution is 2.36. The van der Waals surface area contributed by atoms with E-state index in [-0.39, 0.29) is 19.5 Å². The number of ether oxygens (including phenoxy) is 4. The maximum atomic E-state index is 13.0.